The Morgan fingerprint density at radius 3 is 2.75 bits per heavy atom. The Bertz CT molecular complexity index is 170. The van der Waals surface area contributed by atoms with Gasteiger partial charge >= 0.3 is 0 Å². The van der Waals surface area contributed by atoms with Gasteiger partial charge in [0.2, 0.25) is 0 Å². The fourth-order valence-corrected chi connectivity index (χ4v) is 1.67. The van der Waals surface area contributed by atoms with Gasteiger partial charge in [-0.15, -0.1) is 0 Å². The van der Waals surface area contributed by atoms with Gasteiger partial charge in [0, 0.05) is 13.1 Å². The van der Waals surface area contributed by atoms with Crippen LogP contribution in [0.25, 0.3) is 0 Å². The van der Waals surface area contributed by atoms with Crippen molar-refractivity contribution in [3.63, 3.8) is 0 Å². The highest BCUT2D eigenvalue weighted by Gasteiger charge is 2.22. The minimum Gasteiger partial charge on any atom is -0.299 e. The van der Waals surface area contributed by atoms with Gasteiger partial charge in [0.15, 0.2) is 0 Å². The average molecular weight is 170 g/mol. The molecule has 1 rings (SSSR count). The van der Waals surface area contributed by atoms with Gasteiger partial charge in [-0.1, -0.05) is 0 Å². The minimum absolute atomic E-state index is 0.261. The van der Waals surface area contributed by atoms with Gasteiger partial charge in [-0.05, 0) is 27.3 Å². The van der Waals surface area contributed by atoms with Crippen LogP contribution in [0, 0.1) is 0 Å². The Hall–Kier alpha value is -0.410. The van der Waals surface area contributed by atoms with Crippen LogP contribution in [-0.2, 0) is 4.79 Å². The zero-order valence-electron chi connectivity index (χ0n) is 8.21. The molecule has 0 saturated carbocycles. The van der Waals surface area contributed by atoms with Gasteiger partial charge in [0.1, 0.15) is 5.78 Å². The number of carbonyl (C=O) groups is 1. The maximum Gasteiger partial charge on any atom is 0.143 e. The van der Waals surface area contributed by atoms with Gasteiger partial charge in [0.25, 0.3) is 0 Å². The Balaban J connectivity index is 2.46. The monoisotopic (exact) mass is 170 g/mol. The predicted molar refractivity (Wildman–Crippen MR) is 49.0 cm³/mol. The van der Waals surface area contributed by atoms with Crippen LogP contribution in [0.1, 0.15) is 20.3 Å². The van der Waals surface area contributed by atoms with Crippen molar-refractivity contribution >= 4 is 5.78 Å². The first kappa shape index (κ1) is 9.68. The summed E-state index contributed by atoms with van der Waals surface area (Å²) in [6.07, 6.45) is 1.59. The molecule has 0 aliphatic carbocycles. The molecule has 0 amide bonds. The quantitative estimate of drug-likeness (QED) is 0.605. The van der Waals surface area contributed by atoms with Crippen LogP contribution in [0.3, 0.4) is 0 Å². The predicted octanol–water partition coefficient (Wildman–Crippen LogP) is 0.559. The smallest absolute Gasteiger partial charge is 0.143 e. The van der Waals surface area contributed by atoms with Crippen molar-refractivity contribution in [1.29, 1.82) is 0 Å². The first-order valence-electron chi connectivity index (χ1n) is 4.55. The van der Waals surface area contributed by atoms with E-state index in [9.17, 15) is 4.79 Å². The summed E-state index contributed by atoms with van der Waals surface area (Å²) in [5.74, 6) is 0.261. The van der Waals surface area contributed by atoms with Crippen LogP contribution in [0.4, 0.5) is 0 Å². The van der Waals surface area contributed by atoms with Crippen molar-refractivity contribution in [3.05, 3.63) is 0 Å². The van der Waals surface area contributed by atoms with Crippen LogP contribution in [0.15, 0.2) is 0 Å². The van der Waals surface area contributed by atoms with Crippen molar-refractivity contribution < 1.29 is 4.79 Å². The van der Waals surface area contributed by atoms with Gasteiger partial charge in [0.05, 0.1) is 12.7 Å². The van der Waals surface area contributed by atoms with E-state index >= 15 is 0 Å². The molecule has 0 aromatic carbocycles. The largest absolute Gasteiger partial charge is 0.299 e. The van der Waals surface area contributed by atoms with E-state index in [4.69, 9.17) is 0 Å². The molecule has 1 atom stereocenters. The standard InChI is InChI=1S/C9H18N2O/c1-8(12)7-11-6-4-5-10(3)9(11)2/h9H,4-7H2,1-3H3. The number of carbonyl (C=O) groups excluding carboxylic acids is 1. The fourth-order valence-electron chi connectivity index (χ4n) is 1.67. The first-order chi connectivity index (χ1) is 5.61. The van der Waals surface area contributed by atoms with Crippen LogP contribution in [0.5, 0.6) is 0 Å². The summed E-state index contributed by atoms with van der Waals surface area (Å²) in [6, 6.07) is 0. The molecule has 1 fully saturated rings. The second kappa shape index (κ2) is 4.01. The van der Waals surface area contributed by atoms with E-state index < -0.39 is 0 Å². The minimum atomic E-state index is 0.261. The number of nitrogens with zero attached hydrogens (tertiary/aromatic N) is 2. The van der Waals surface area contributed by atoms with Crippen molar-refractivity contribution in [2.24, 2.45) is 0 Å². The molecule has 70 valence electrons. The molecule has 1 heterocycles. The van der Waals surface area contributed by atoms with E-state index in [1.165, 1.54) is 6.42 Å². The summed E-state index contributed by atoms with van der Waals surface area (Å²) >= 11 is 0. The van der Waals surface area contributed by atoms with Gasteiger partial charge in [-0.2, -0.15) is 0 Å². The second-order valence-corrected chi connectivity index (χ2v) is 3.64. The van der Waals surface area contributed by atoms with E-state index in [1.807, 2.05) is 0 Å². The molecule has 12 heavy (non-hydrogen) atoms. The summed E-state index contributed by atoms with van der Waals surface area (Å²) in [4.78, 5) is 15.4. The van der Waals surface area contributed by atoms with Crippen LogP contribution >= 0.6 is 0 Å². The summed E-state index contributed by atoms with van der Waals surface area (Å²) < 4.78 is 0. The zero-order chi connectivity index (χ0) is 9.14. The molecule has 0 aromatic heterocycles. The Kier molecular flexibility index (Phi) is 3.23. The maximum atomic E-state index is 10.9. The molecule has 3 nitrogen and oxygen atoms in total. The lowest BCUT2D eigenvalue weighted by Gasteiger charge is -2.39. The van der Waals surface area contributed by atoms with Gasteiger partial charge < -0.3 is 0 Å². The van der Waals surface area contributed by atoms with E-state index in [-0.39, 0.29) is 5.78 Å². The third-order valence-electron chi connectivity index (χ3n) is 2.55. The first-order valence-corrected chi connectivity index (χ1v) is 4.55. The highest BCUT2D eigenvalue weighted by Crippen LogP contribution is 2.10. The Labute approximate surface area is 74.3 Å². The van der Waals surface area contributed by atoms with Crippen molar-refractivity contribution in [2.75, 3.05) is 26.7 Å². The number of rotatable bonds is 2. The number of hydrogen-bond donors (Lipinski definition) is 0. The normalized spacial score (nSPS) is 27.4. The Morgan fingerprint density at radius 2 is 2.17 bits per heavy atom. The number of ketones is 1. The summed E-state index contributed by atoms with van der Waals surface area (Å²) in [6.45, 7) is 6.62. The SMILES string of the molecule is CC(=O)CN1CCCN(C)C1C. The molecule has 1 aliphatic heterocycles. The molecule has 1 unspecified atom stereocenters. The fraction of sp³-hybridized carbons (Fsp3) is 0.889. The highest BCUT2D eigenvalue weighted by atomic mass is 16.1. The third kappa shape index (κ3) is 2.29. The lowest BCUT2D eigenvalue weighted by Crippen LogP contribution is -2.51. The maximum absolute atomic E-state index is 10.9. The van der Waals surface area contributed by atoms with E-state index in [1.54, 1.807) is 6.92 Å². The molecular formula is C9H18N2O. The summed E-state index contributed by atoms with van der Waals surface area (Å²) in [5, 5.41) is 0. The molecular weight excluding hydrogens is 152 g/mol. The third-order valence-corrected chi connectivity index (χ3v) is 2.55. The van der Waals surface area contributed by atoms with Crippen LogP contribution in [0.2, 0.25) is 0 Å². The molecule has 0 bridgehead atoms. The molecule has 0 N–H and O–H groups in total. The number of Topliss-reactive ketones (excluding diaryl/α,β-unsaturated/α-hetero) is 1. The van der Waals surface area contributed by atoms with Crippen molar-refractivity contribution in [1.82, 2.24) is 9.80 Å². The molecule has 0 radical (unpaired) electrons. The summed E-state index contributed by atoms with van der Waals surface area (Å²) in [5.41, 5.74) is 0. The molecule has 1 saturated heterocycles. The average Bonchev–Trinajstić information content (AvgIpc) is 1.98. The highest BCUT2D eigenvalue weighted by molar-refractivity contribution is 5.77. The van der Waals surface area contributed by atoms with Crippen LogP contribution in [-0.4, -0.2) is 48.4 Å². The topological polar surface area (TPSA) is 23.6 Å². The lowest BCUT2D eigenvalue weighted by molar-refractivity contribution is -0.120. The molecule has 1 aliphatic rings. The Morgan fingerprint density at radius 1 is 1.50 bits per heavy atom. The van der Waals surface area contributed by atoms with Gasteiger partial charge in [-0.25, -0.2) is 0 Å². The lowest BCUT2D eigenvalue weighted by atomic mass is 10.2. The van der Waals surface area contributed by atoms with Gasteiger partial charge in [-0.3, -0.25) is 14.6 Å². The zero-order valence-corrected chi connectivity index (χ0v) is 8.21. The molecule has 0 aromatic rings. The van der Waals surface area contributed by atoms with E-state index in [0.717, 1.165) is 13.1 Å². The van der Waals surface area contributed by atoms with Crippen molar-refractivity contribution in [3.8, 4) is 0 Å². The van der Waals surface area contributed by atoms with E-state index in [0.29, 0.717) is 12.7 Å². The van der Waals surface area contributed by atoms with E-state index in [2.05, 4.69) is 23.8 Å². The summed E-state index contributed by atoms with van der Waals surface area (Å²) in [7, 11) is 2.11. The van der Waals surface area contributed by atoms with Crippen LogP contribution < -0.4 is 0 Å². The van der Waals surface area contributed by atoms with Crippen molar-refractivity contribution in [2.45, 2.75) is 26.4 Å². The molecule has 0 spiro atoms. The molecule has 3 heteroatoms. The second-order valence-electron chi connectivity index (χ2n) is 3.64. The number of hydrogen-bond acceptors (Lipinski definition) is 3.